The molecule has 2 unspecified atom stereocenters. The van der Waals surface area contributed by atoms with Gasteiger partial charge in [-0.2, -0.15) is 0 Å². The van der Waals surface area contributed by atoms with E-state index in [1.807, 2.05) is 0 Å². The maximum absolute atomic E-state index is 12.3. The van der Waals surface area contributed by atoms with E-state index in [1.165, 1.54) is 6.07 Å². The summed E-state index contributed by atoms with van der Waals surface area (Å²) < 4.78 is 0. The minimum absolute atomic E-state index is 0.0778. The van der Waals surface area contributed by atoms with Crippen LogP contribution in [0, 0.1) is 11.8 Å². The van der Waals surface area contributed by atoms with Crippen LogP contribution in [0.1, 0.15) is 30.6 Å². The number of likely N-dealkylation sites (tertiary alicyclic amines) is 1. The van der Waals surface area contributed by atoms with Crippen molar-refractivity contribution in [2.45, 2.75) is 20.3 Å². The molecule has 0 saturated carbocycles. The molecule has 6 heteroatoms. The summed E-state index contributed by atoms with van der Waals surface area (Å²) in [5.74, 6) is -0.130. The van der Waals surface area contributed by atoms with Gasteiger partial charge in [0.25, 0.3) is 0 Å². The molecule has 1 aromatic carbocycles. The number of carbonyl (C=O) groups is 2. The van der Waals surface area contributed by atoms with E-state index in [-0.39, 0.29) is 22.3 Å². The van der Waals surface area contributed by atoms with Crippen molar-refractivity contribution in [1.82, 2.24) is 4.90 Å². The Morgan fingerprint density at radius 2 is 2.05 bits per heavy atom. The lowest BCUT2D eigenvalue weighted by atomic mass is 9.89. The Morgan fingerprint density at radius 3 is 2.67 bits per heavy atom. The van der Waals surface area contributed by atoms with Crippen molar-refractivity contribution in [2.75, 3.05) is 18.4 Å². The van der Waals surface area contributed by atoms with Gasteiger partial charge in [-0.15, -0.1) is 0 Å². The number of nitrogens with zero attached hydrogens (tertiary/aromatic N) is 1. The van der Waals surface area contributed by atoms with E-state index in [0.717, 1.165) is 6.42 Å². The zero-order valence-electron chi connectivity index (χ0n) is 12.1. The van der Waals surface area contributed by atoms with Crippen molar-refractivity contribution < 1.29 is 14.7 Å². The molecule has 1 heterocycles. The van der Waals surface area contributed by atoms with E-state index < -0.39 is 5.97 Å². The molecule has 5 nitrogen and oxygen atoms in total. The molecule has 2 rings (SSSR count). The zero-order chi connectivity index (χ0) is 15.6. The van der Waals surface area contributed by atoms with E-state index in [4.69, 9.17) is 11.6 Å². The molecule has 1 saturated heterocycles. The van der Waals surface area contributed by atoms with Crippen LogP contribution >= 0.6 is 11.6 Å². The molecule has 0 bridgehead atoms. The summed E-state index contributed by atoms with van der Waals surface area (Å²) in [6, 6.07) is 4.37. The lowest BCUT2D eigenvalue weighted by Gasteiger charge is -2.35. The molecule has 21 heavy (non-hydrogen) atoms. The fourth-order valence-electron chi connectivity index (χ4n) is 2.49. The maximum Gasteiger partial charge on any atom is 0.339 e. The van der Waals surface area contributed by atoms with Gasteiger partial charge < -0.3 is 15.3 Å². The molecule has 0 spiro atoms. The van der Waals surface area contributed by atoms with Gasteiger partial charge in [0.1, 0.15) is 5.56 Å². The number of rotatable bonds is 2. The molecular formula is C15H19ClN2O3. The van der Waals surface area contributed by atoms with Gasteiger partial charge in [0.2, 0.25) is 0 Å². The second kappa shape index (κ2) is 6.35. The van der Waals surface area contributed by atoms with Gasteiger partial charge in [-0.05, 0) is 30.4 Å². The Labute approximate surface area is 128 Å². The second-order valence-electron chi connectivity index (χ2n) is 5.59. The van der Waals surface area contributed by atoms with Crippen LogP contribution in [-0.2, 0) is 0 Å². The standard InChI is InChI=1S/C15H19ClN2O3/c1-9-6-7-18(8-10(9)2)15(21)17-12-5-3-4-11(16)13(12)14(19)20/h3-5,9-10H,6-8H2,1-2H3,(H,17,21)(H,19,20). The molecule has 0 aromatic heterocycles. The fourth-order valence-corrected chi connectivity index (χ4v) is 2.74. The van der Waals surface area contributed by atoms with Crippen molar-refractivity contribution in [2.24, 2.45) is 11.8 Å². The van der Waals surface area contributed by atoms with Crippen LogP contribution in [-0.4, -0.2) is 35.1 Å². The molecule has 1 aromatic rings. The van der Waals surface area contributed by atoms with Gasteiger partial charge in [-0.25, -0.2) is 9.59 Å². The van der Waals surface area contributed by atoms with E-state index >= 15 is 0 Å². The number of hydrogen-bond acceptors (Lipinski definition) is 2. The Bertz CT molecular complexity index is 562. The van der Waals surface area contributed by atoms with Crippen LogP contribution in [0.2, 0.25) is 5.02 Å². The Hall–Kier alpha value is -1.75. The number of urea groups is 1. The summed E-state index contributed by atoms with van der Waals surface area (Å²) in [7, 11) is 0. The number of anilines is 1. The van der Waals surface area contributed by atoms with E-state index in [1.54, 1.807) is 17.0 Å². The SMILES string of the molecule is CC1CCN(C(=O)Nc2cccc(Cl)c2C(=O)O)CC1C. The molecule has 1 fully saturated rings. The predicted molar refractivity (Wildman–Crippen MR) is 81.9 cm³/mol. The number of benzene rings is 1. The summed E-state index contributed by atoms with van der Waals surface area (Å²) in [5.41, 5.74) is 0.150. The second-order valence-corrected chi connectivity index (χ2v) is 5.99. The minimum Gasteiger partial charge on any atom is -0.478 e. The number of piperidine rings is 1. The van der Waals surface area contributed by atoms with Crippen LogP contribution in [0.25, 0.3) is 0 Å². The van der Waals surface area contributed by atoms with Gasteiger partial charge in [-0.3, -0.25) is 0 Å². The summed E-state index contributed by atoms with van der Waals surface area (Å²) in [5, 5.41) is 12.0. The Kier molecular flexibility index (Phi) is 4.73. The largest absolute Gasteiger partial charge is 0.478 e. The van der Waals surface area contributed by atoms with Crippen molar-refractivity contribution in [3.8, 4) is 0 Å². The molecule has 0 radical (unpaired) electrons. The van der Waals surface area contributed by atoms with Gasteiger partial charge in [0.15, 0.2) is 0 Å². The molecule has 0 aliphatic carbocycles. The number of carbonyl (C=O) groups excluding carboxylic acids is 1. The molecule has 2 atom stereocenters. The highest BCUT2D eigenvalue weighted by Gasteiger charge is 2.26. The number of nitrogens with one attached hydrogen (secondary N) is 1. The average Bonchev–Trinajstić information content (AvgIpc) is 2.41. The number of aromatic carboxylic acids is 1. The molecule has 114 valence electrons. The highest BCUT2D eigenvalue weighted by Crippen LogP contribution is 2.26. The maximum atomic E-state index is 12.3. The Balaban J connectivity index is 2.13. The topological polar surface area (TPSA) is 69.6 Å². The van der Waals surface area contributed by atoms with Crippen LogP contribution in [0.5, 0.6) is 0 Å². The highest BCUT2D eigenvalue weighted by molar-refractivity contribution is 6.34. The smallest absolute Gasteiger partial charge is 0.339 e. The number of hydrogen-bond donors (Lipinski definition) is 2. The molecule has 1 aliphatic heterocycles. The van der Waals surface area contributed by atoms with E-state index in [0.29, 0.717) is 24.9 Å². The third-order valence-electron chi connectivity index (χ3n) is 4.09. The monoisotopic (exact) mass is 310 g/mol. The third kappa shape index (κ3) is 3.47. The third-order valence-corrected chi connectivity index (χ3v) is 4.41. The number of carboxylic acids is 1. The Morgan fingerprint density at radius 1 is 1.33 bits per heavy atom. The molecule has 1 aliphatic rings. The quantitative estimate of drug-likeness (QED) is 0.877. The summed E-state index contributed by atoms with van der Waals surface area (Å²) >= 11 is 5.89. The van der Waals surface area contributed by atoms with Crippen molar-refractivity contribution in [3.63, 3.8) is 0 Å². The van der Waals surface area contributed by atoms with Crippen molar-refractivity contribution in [3.05, 3.63) is 28.8 Å². The van der Waals surface area contributed by atoms with Gasteiger partial charge >= 0.3 is 12.0 Å². The number of carboxylic acid groups (broad SMARTS) is 1. The molecule has 2 amide bonds. The van der Waals surface area contributed by atoms with Crippen LogP contribution in [0.15, 0.2) is 18.2 Å². The van der Waals surface area contributed by atoms with Gasteiger partial charge in [0, 0.05) is 13.1 Å². The first-order valence-electron chi connectivity index (χ1n) is 6.98. The first-order valence-corrected chi connectivity index (χ1v) is 7.35. The fraction of sp³-hybridized carbons (Fsp3) is 0.467. The minimum atomic E-state index is -1.16. The van der Waals surface area contributed by atoms with Gasteiger partial charge in [0.05, 0.1) is 10.7 Å². The lowest BCUT2D eigenvalue weighted by Crippen LogP contribution is -2.44. The lowest BCUT2D eigenvalue weighted by molar-refractivity contribution is 0.0698. The summed E-state index contributed by atoms with van der Waals surface area (Å²) in [4.78, 5) is 25.3. The summed E-state index contributed by atoms with van der Waals surface area (Å²) in [6.45, 7) is 5.65. The normalized spacial score (nSPS) is 22.0. The number of halogens is 1. The van der Waals surface area contributed by atoms with Crippen molar-refractivity contribution >= 4 is 29.3 Å². The molecular weight excluding hydrogens is 292 g/mol. The first kappa shape index (κ1) is 15.6. The van der Waals surface area contributed by atoms with Crippen LogP contribution in [0.4, 0.5) is 10.5 Å². The van der Waals surface area contributed by atoms with Crippen LogP contribution in [0.3, 0.4) is 0 Å². The zero-order valence-corrected chi connectivity index (χ0v) is 12.9. The van der Waals surface area contributed by atoms with E-state index in [2.05, 4.69) is 19.2 Å². The number of amides is 2. The average molecular weight is 311 g/mol. The van der Waals surface area contributed by atoms with Crippen LogP contribution < -0.4 is 5.32 Å². The van der Waals surface area contributed by atoms with Crippen molar-refractivity contribution in [1.29, 1.82) is 0 Å². The van der Waals surface area contributed by atoms with E-state index in [9.17, 15) is 14.7 Å². The summed E-state index contributed by atoms with van der Waals surface area (Å²) in [6.07, 6.45) is 0.954. The van der Waals surface area contributed by atoms with Gasteiger partial charge in [-0.1, -0.05) is 31.5 Å². The first-order chi connectivity index (χ1) is 9.90. The highest BCUT2D eigenvalue weighted by atomic mass is 35.5. The molecule has 2 N–H and O–H groups in total. The predicted octanol–water partition coefficient (Wildman–Crippen LogP) is 3.55.